The standard InChI is InChI=1S/C14H13ClN2O2/c1-3-9-8-16-13(14(18)19-2)17-12(9)10-5-4-6-11(15)7-10/h4-8H,3H2,1-2H3. The second-order valence-corrected chi connectivity index (χ2v) is 4.36. The fourth-order valence-electron chi connectivity index (χ4n) is 1.74. The number of rotatable bonds is 3. The van der Waals surface area contributed by atoms with Gasteiger partial charge in [-0.3, -0.25) is 0 Å². The summed E-state index contributed by atoms with van der Waals surface area (Å²) in [6, 6.07) is 7.34. The number of ether oxygens (including phenoxy) is 1. The molecule has 1 aromatic carbocycles. The van der Waals surface area contributed by atoms with Crippen molar-refractivity contribution < 1.29 is 9.53 Å². The lowest BCUT2D eigenvalue weighted by Crippen LogP contribution is -2.09. The third-order valence-electron chi connectivity index (χ3n) is 2.71. The molecule has 19 heavy (non-hydrogen) atoms. The minimum atomic E-state index is -0.550. The van der Waals surface area contributed by atoms with Gasteiger partial charge in [0.15, 0.2) is 0 Å². The van der Waals surface area contributed by atoms with Gasteiger partial charge in [0.2, 0.25) is 5.82 Å². The Morgan fingerprint density at radius 3 is 2.84 bits per heavy atom. The van der Waals surface area contributed by atoms with Crippen molar-refractivity contribution in [2.24, 2.45) is 0 Å². The van der Waals surface area contributed by atoms with E-state index in [0.29, 0.717) is 10.7 Å². The van der Waals surface area contributed by atoms with Crippen molar-refractivity contribution in [3.63, 3.8) is 0 Å². The maximum Gasteiger partial charge on any atom is 0.376 e. The van der Waals surface area contributed by atoms with E-state index in [1.807, 2.05) is 25.1 Å². The number of aromatic nitrogens is 2. The van der Waals surface area contributed by atoms with E-state index in [4.69, 9.17) is 11.6 Å². The van der Waals surface area contributed by atoms with Crippen molar-refractivity contribution in [1.29, 1.82) is 0 Å². The Labute approximate surface area is 116 Å². The molecule has 0 saturated carbocycles. The molecule has 0 spiro atoms. The zero-order valence-electron chi connectivity index (χ0n) is 10.7. The van der Waals surface area contributed by atoms with Gasteiger partial charge in [-0.15, -0.1) is 0 Å². The van der Waals surface area contributed by atoms with Gasteiger partial charge in [0.25, 0.3) is 0 Å². The van der Waals surface area contributed by atoms with Gasteiger partial charge in [-0.1, -0.05) is 30.7 Å². The van der Waals surface area contributed by atoms with E-state index in [2.05, 4.69) is 14.7 Å². The van der Waals surface area contributed by atoms with Crippen molar-refractivity contribution in [3.8, 4) is 11.3 Å². The molecule has 0 amide bonds. The Bertz CT molecular complexity index is 614. The second kappa shape index (κ2) is 5.80. The van der Waals surface area contributed by atoms with E-state index in [9.17, 15) is 4.79 Å². The van der Waals surface area contributed by atoms with E-state index < -0.39 is 5.97 Å². The summed E-state index contributed by atoms with van der Waals surface area (Å²) < 4.78 is 4.63. The minimum Gasteiger partial charge on any atom is -0.463 e. The number of methoxy groups -OCH3 is 1. The lowest BCUT2D eigenvalue weighted by atomic mass is 10.1. The summed E-state index contributed by atoms with van der Waals surface area (Å²) in [5.41, 5.74) is 2.52. The van der Waals surface area contributed by atoms with Crippen LogP contribution in [0, 0.1) is 0 Å². The van der Waals surface area contributed by atoms with Crippen molar-refractivity contribution >= 4 is 17.6 Å². The molecule has 0 fully saturated rings. The molecule has 5 heteroatoms. The first-order chi connectivity index (χ1) is 9.15. The summed E-state index contributed by atoms with van der Waals surface area (Å²) in [7, 11) is 1.30. The van der Waals surface area contributed by atoms with Gasteiger partial charge in [0, 0.05) is 16.8 Å². The highest BCUT2D eigenvalue weighted by Crippen LogP contribution is 2.24. The van der Waals surface area contributed by atoms with Gasteiger partial charge in [0.05, 0.1) is 12.8 Å². The van der Waals surface area contributed by atoms with E-state index in [-0.39, 0.29) is 5.82 Å². The summed E-state index contributed by atoms with van der Waals surface area (Å²) in [6.45, 7) is 2.00. The Morgan fingerprint density at radius 2 is 2.21 bits per heavy atom. The molecule has 0 aliphatic carbocycles. The molecule has 0 radical (unpaired) electrons. The molecule has 2 rings (SSSR count). The van der Waals surface area contributed by atoms with Crippen molar-refractivity contribution in [3.05, 3.63) is 46.9 Å². The molecule has 0 aliphatic rings. The average molecular weight is 277 g/mol. The Hall–Kier alpha value is -1.94. The number of nitrogens with zero attached hydrogens (tertiary/aromatic N) is 2. The molecule has 0 bridgehead atoms. The zero-order valence-corrected chi connectivity index (χ0v) is 11.4. The number of esters is 1. The van der Waals surface area contributed by atoms with E-state index in [1.54, 1.807) is 12.3 Å². The fraction of sp³-hybridized carbons (Fsp3) is 0.214. The number of aryl methyl sites for hydroxylation is 1. The topological polar surface area (TPSA) is 52.1 Å². The van der Waals surface area contributed by atoms with E-state index in [0.717, 1.165) is 17.5 Å². The first kappa shape index (κ1) is 13.5. The first-order valence-electron chi connectivity index (χ1n) is 5.86. The fourth-order valence-corrected chi connectivity index (χ4v) is 1.93. The van der Waals surface area contributed by atoms with Crippen LogP contribution in [0.1, 0.15) is 23.1 Å². The number of hydrogen-bond donors (Lipinski definition) is 0. The van der Waals surface area contributed by atoms with Crippen LogP contribution in [-0.2, 0) is 11.2 Å². The van der Waals surface area contributed by atoms with Crippen LogP contribution >= 0.6 is 11.6 Å². The highest BCUT2D eigenvalue weighted by molar-refractivity contribution is 6.30. The molecule has 4 nitrogen and oxygen atoms in total. The minimum absolute atomic E-state index is 0.0506. The number of halogens is 1. The molecule has 0 N–H and O–H groups in total. The SMILES string of the molecule is CCc1cnc(C(=O)OC)nc1-c1cccc(Cl)c1. The quantitative estimate of drug-likeness (QED) is 0.808. The van der Waals surface area contributed by atoms with Crippen LogP contribution in [-0.4, -0.2) is 23.0 Å². The van der Waals surface area contributed by atoms with Crippen LogP contribution in [0.4, 0.5) is 0 Å². The number of carbonyl (C=O) groups excluding carboxylic acids is 1. The van der Waals surface area contributed by atoms with Crippen molar-refractivity contribution in [2.75, 3.05) is 7.11 Å². The molecule has 1 aromatic heterocycles. The maximum absolute atomic E-state index is 11.5. The van der Waals surface area contributed by atoms with Gasteiger partial charge in [-0.05, 0) is 24.1 Å². The Kier molecular flexibility index (Phi) is 4.12. The average Bonchev–Trinajstić information content (AvgIpc) is 2.45. The van der Waals surface area contributed by atoms with Gasteiger partial charge in [-0.2, -0.15) is 0 Å². The highest BCUT2D eigenvalue weighted by Gasteiger charge is 2.14. The number of hydrogen-bond acceptors (Lipinski definition) is 4. The van der Waals surface area contributed by atoms with E-state index in [1.165, 1.54) is 7.11 Å². The second-order valence-electron chi connectivity index (χ2n) is 3.92. The normalized spacial score (nSPS) is 10.3. The van der Waals surface area contributed by atoms with Gasteiger partial charge < -0.3 is 4.74 Å². The highest BCUT2D eigenvalue weighted by atomic mass is 35.5. The molecule has 1 heterocycles. The zero-order chi connectivity index (χ0) is 13.8. The summed E-state index contributed by atoms with van der Waals surface area (Å²) in [5, 5.41) is 0.623. The molecule has 0 unspecified atom stereocenters. The van der Waals surface area contributed by atoms with Crippen LogP contribution in [0.25, 0.3) is 11.3 Å². The van der Waals surface area contributed by atoms with Crippen LogP contribution in [0.3, 0.4) is 0 Å². The largest absolute Gasteiger partial charge is 0.463 e. The molecule has 0 saturated heterocycles. The number of benzene rings is 1. The van der Waals surface area contributed by atoms with Crippen molar-refractivity contribution in [1.82, 2.24) is 9.97 Å². The van der Waals surface area contributed by atoms with Crippen LogP contribution < -0.4 is 0 Å². The van der Waals surface area contributed by atoms with E-state index >= 15 is 0 Å². The third-order valence-corrected chi connectivity index (χ3v) is 2.95. The molecular formula is C14H13ClN2O2. The summed E-state index contributed by atoms with van der Waals surface area (Å²) in [5.74, 6) is -0.499. The Balaban J connectivity index is 2.56. The van der Waals surface area contributed by atoms with Crippen LogP contribution in [0.2, 0.25) is 5.02 Å². The van der Waals surface area contributed by atoms with Crippen LogP contribution in [0.5, 0.6) is 0 Å². The maximum atomic E-state index is 11.5. The lowest BCUT2D eigenvalue weighted by molar-refractivity contribution is 0.0587. The van der Waals surface area contributed by atoms with Crippen molar-refractivity contribution in [2.45, 2.75) is 13.3 Å². The van der Waals surface area contributed by atoms with Gasteiger partial charge >= 0.3 is 5.97 Å². The molecule has 2 aromatic rings. The molecule has 0 atom stereocenters. The molecular weight excluding hydrogens is 264 g/mol. The molecule has 0 aliphatic heterocycles. The van der Waals surface area contributed by atoms with Gasteiger partial charge in [-0.25, -0.2) is 14.8 Å². The number of carbonyl (C=O) groups is 1. The third kappa shape index (κ3) is 2.90. The van der Waals surface area contributed by atoms with Crippen LogP contribution in [0.15, 0.2) is 30.5 Å². The predicted molar refractivity (Wildman–Crippen MR) is 73.2 cm³/mol. The summed E-state index contributed by atoms with van der Waals surface area (Å²) in [4.78, 5) is 19.8. The monoisotopic (exact) mass is 276 g/mol. The van der Waals surface area contributed by atoms with Gasteiger partial charge in [0.1, 0.15) is 0 Å². The smallest absolute Gasteiger partial charge is 0.376 e. The predicted octanol–water partition coefficient (Wildman–Crippen LogP) is 3.15. The summed E-state index contributed by atoms with van der Waals surface area (Å²) in [6.07, 6.45) is 2.42. The summed E-state index contributed by atoms with van der Waals surface area (Å²) >= 11 is 5.98. The first-order valence-corrected chi connectivity index (χ1v) is 6.23. The Morgan fingerprint density at radius 1 is 1.42 bits per heavy atom. The lowest BCUT2D eigenvalue weighted by Gasteiger charge is -2.08. The molecule has 98 valence electrons.